The monoisotopic (exact) mass is 325 g/mol. The molecule has 2 heterocycles. The van der Waals surface area contributed by atoms with Gasteiger partial charge in [-0.2, -0.15) is 0 Å². The Bertz CT molecular complexity index is 1030. The Balaban J connectivity index is 2.03. The first-order chi connectivity index (χ1) is 11.6. The van der Waals surface area contributed by atoms with E-state index in [-0.39, 0.29) is 17.6 Å². The molecule has 6 heteroatoms. The molecule has 0 aliphatic heterocycles. The van der Waals surface area contributed by atoms with E-state index < -0.39 is 11.6 Å². The minimum absolute atomic E-state index is 0.110. The molecule has 1 aromatic carbocycles. The van der Waals surface area contributed by atoms with Crippen molar-refractivity contribution in [2.45, 2.75) is 19.9 Å². The van der Waals surface area contributed by atoms with Gasteiger partial charge < -0.3 is 4.57 Å². The lowest BCUT2D eigenvalue weighted by Crippen LogP contribution is -2.21. The lowest BCUT2D eigenvalue weighted by Gasteiger charge is -2.07. The van der Waals surface area contributed by atoms with Crippen molar-refractivity contribution in [2.75, 3.05) is 0 Å². The van der Waals surface area contributed by atoms with Crippen molar-refractivity contribution in [3.63, 3.8) is 0 Å². The van der Waals surface area contributed by atoms with E-state index in [9.17, 15) is 13.6 Å². The van der Waals surface area contributed by atoms with Gasteiger partial charge in [0, 0.05) is 12.6 Å². The molecule has 0 N–H and O–H groups in total. The Kier molecular flexibility index (Phi) is 4.34. The van der Waals surface area contributed by atoms with Gasteiger partial charge in [0.25, 0.3) is 5.56 Å². The Morgan fingerprint density at radius 2 is 2.04 bits per heavy atom. The fourth-order valence-electron chi connectivity index (χ4n) is 2.24. The lowest BCUT2D eigenvalue weighted by molar-refractivity contribution is 0.506. The number of hydrogen-bond donors (Lipinski definition) is 0. The van der Waals surface area contributed by atoms with Crippen molar-refractivity contribution < 1.29 is 8.78 Å². The van der Waals surface area contributed by atoms with Crippen LogP contribution in [0, 0.1) is 23.5 Å². The first-order valence-corrected chi connectivity index (χ1v) is 7.37. The first-order valence-electron chi connectivity index (χ1n) is 7.37. The van der Waals surface area contributed by atoms with Crippen LogP contribution in [0.15, 0.2) is 41.5 Å². The molecule has 0 amide bonds. The summed E-state index contributed by atoms with van der Waals surface area (Å²) in [4.78, 5) is 21.0. The molecule has 120 valence electrons. The molecule has 3 aromatic rings. The van der Waals surface area contributed by atoms with Crippen LogP contribution in [0.3, 0.4) is 0 Å². The molecular weight excluding hydrogens is 312 g/mol. The number of fused-ring (bicyclic) bond motifs is 1. The summed E-state index contributed by atoms with van der Waals surface area (Å²) in [7, 11) is 0. The maximum Gasteiger partial charge on any atom is 0.279 e. The largest absolute Gasteiger partial charge is 0.309 e. The SMILES string of the molecule is CCC#Cc1cnc2ccn(Cc3ccc(F)c(F)c3)c(=O)c2n1. The lowest BCUT2D eigenvalue weighted by atomic mass is 10.2. The minimum Gasteiger partial charge on any atom is -0.309 e. The topological polar surface area (TPSA) is 47.8 Å². The van der Waals surface area contributed by atoms with E-state index in [1.807, 2.05) is 6.92 Å². The second-order valence-electron chi connectivity index (χ2n) is 5.14. The third kappa shape index (κ3) is 3.15. The summed E-state index contributed by atoms with van der Waals surface area (Å²) in [6.07, 6.45) is 3.75. The maximum absolute atomic E-state index is 13.3. The van der Waals surface area contributed by atoms with Crippen molar-refractivity contribution in [3.8, 4) is 11.8 Å². The average Bonchev–Trinajstić information content (AvgIpc) is 2.59. The minimum atomic E-state index is -0.946. The van der Waals surface area contributed by atoms with Gasteiger partial charge in [0.2, 0.25) is 0 Å². The number of aromatic nitrogens is 3. The molecule has 0 saturated heterocycles. The van der Waals surface area contributed by atoms with E-state index in [1.165, 1.54) is 16.8 Å². The second-order valence-corrected chi connectivity index (χ2v) is 5.14. The smallest absolute Gasteiger partial charge is 0.279 e. The quantitative estimate of drug-likeness (QED) is 0.681. The Labute approximate surface area is 136 Å². The molecular formula is C18H13F2N3O. The van der Waals surface area contributed by atoms with E-state index in [4.69, 9.17) is 0 Å². The molecule has 4 nitrogen and oxygen atoms in total. The zero-order valence-electron chi connectivity index (χ0n) is 12.9. The fraction of sp³-hybridized carbons (Fsp3) is 0.167. The molecule has 0 unspecified atom stereocenters. The number of benzene rings is 1. The normalized spacial score (nSPS) is 10.5. The highest BCUT2D eigenvalue weighted by molar-refractivity contribution is 5.73. The predicted molar refractivity (Wildman–Crippen MR) is 86.4 cm³/mol. The standard InChI is InChI=1S/C18H13F2N3O/c1-2-3-4-13-10-21-16-7-8-23(18(24)17(16)22-13)11-12-5-6-14(19)15(20)9-12/h5-10H,2,11H2,1H3. The maximum atomic E-state index is 13.3. The van der Waals surface area contributed by atoms with Gasteiger partial charge in [0.05, 0.1) is 18.3 Å². The molecule has 24 heavy (non-hydrogen) atoms. The summed E-state index contributed by atoms with van der Waals surface area (Å²) >= 11 is 0. The van der Waals surface area contributed by atoms with E-state index in [2.05, 4.69) is 21.8 Å². The molecule has 0 bridgehead atoms. The fourth-order valence-corrected chi connectivity index (χ4v) is 2.24. The average molecular weight is 325 g/mol. The third-order valence-electron chi connectivity index (χ3n) is 3.41. The molecule has 0 radical (unpaired) electrons. The van der Waals surface area contributed by atoms with E-state index >= 15 is 0 Å². The molecule has 0 atom stereocenters. The van der Waals surface area contributed by atoms with Crippen molar-refractivity contribution in [1.82, 2.24) is 14.5 Å². The van der Waals surface area contributed by atoms with Crippen LogP contribution in [-0.4, -0.2) is 14.5 Å². The van der Waals surface area contributed by atoms with Crippen LogP contribution in [-0.2, 0) is 6.54 Å². The zero-order chi connectivity index (χ0) is 17.1. The van der Waals surface area contributed by atoms with Gasteiger partial charge in [-0.1, -0.05) is 18.9 Å². The molecule has 0 fully saturated rings. The zero-order valence-corrected chi connectivity index (χ0v) is 12.9. The number of nitrogens with zero attached hydrogens (tertiary/aromatic N) is 3. The Morgan fingerprint density at radius 3 is 2.79 bits per heavy atom. The van der Waals surface area contributed by atoms with Crippen molar-refractivity contribution in [2.24, 2.45) is 0 Å². The van der Waals surface area contributed by atoms with Crippen LogP contribution < -0.4 is 5.56 Å². The number of rotatable bonds is 2. The summed E-state index contributed by atoms with van der Waals surface area (Å²) in [5, 5.41) is 0. The predicted octanol–water partition coefficient (Wildman–Crippen LogP) is 2.88. The van der Waals surface area contributed by atoms with Gasteiger partial charge in [-0.05, 0) is 29.7 Å². The summed E-state index contributed by atoms with van der Waals surface area (Å²) in [6.45, 7) is 2.02. The first kappa shape index (κ1) is 15.8. The van der Waals surface area contributed by atoms with Crippen LogP contribution in [0.4, 0.5) is 8.78 Å². The van der Waals surface area contributed by atoms with Gasteiger partial charge in [-0.25, -0.2) is 13.8 Å². The van der Waals surface area contributed by atoms with Gasteiger partial charge in [-0.3, -0.25) is 9.78 Å². The number of halogens is 2. The van der Waals surface area contributed by atoms with Crippen molar-refractivity contribution in [3.05, 3.63) is 69.9 Å². The molecule has 3 rings (SSSR count). The van der Waals surface area contributed by atoms with E-state index in [0.717, 1.165) is 12.1 Å². The van der Waals surface area contributed by atoms with Crippen LogP contribution >= 0.6 is 0 Å². The highest BCUT2D eigenvalue weighted by Crippen LogP contribution is 2.10. The summed E-state index contributed by atoms with van der Waals surface area (Å²) in [6, 6.07) is 5.19. The third-order valence-corrected chi connectivity index (χ3v) is 3.41. The summed E-state index contributed by atoms with van der Waals surface area (Å²) in [5.41, 5.74) is 1.20. The van der Waals surface area contributed by atoms with Crippen LogP contribution in [0.2, 0.25) is 0 Å². The highest BCUT2D eigenvalue weighted by Gasteiger charge is 2.08. The number of pyridine rings is 1. The highest BCUT2D eigenvalue weighted by atomic mass is 19.2. The van der Waals surface area contributed by atoms with Crippen LogP contribution in [0.1, 0.15) is 24.6 Å². The van der Waals surface area contributed by atoms with Gasteiger partial charge in [-0.15, -0.1) is 0 Å². The molecule has 2 aromatic heterocycles. The van der Waals surface area contributed by atoms with Gasteiger partial charge in [0.15, 0.2) is 17.2 Å². The van der Waals surface area contributed by atoms with Crippen LogP contribution in [0.25, 0.3) is 11.0 Å². The van der Waals surface area contributed by atoms with Crippen LogP contribution in [0.5, 0.6) is 0 Å². The summed E-state index contributed by atoms with van der Waals surface area (Å²) < 4.78 is 27.7. The Morgan fingerprint density at radius 1 is 1.21 bits per heavy atom. The molecule has 0 saturated carbocycles. The second kappa shape index (κ2) is 6.59. The van der Waals surface area contributed by atoms with E-state index in [0.29, 0.717) is 23.2 Å². The molecule has 0 aliphatic carbocycles. The van der Waals surface area contributed by atoms with Crippen molar-refractivity contribution in [1.29, 1.82) is 0 Å². The molecule has 0 spiro atoms. The number of hydrogen-bond acceptors (Lipinski definition) is 3. The van der Waals surface area contributed by atoms with Gasteiger partial charge >= 0.3 is 0 Å². The summed E-state index contributed by atoms with van der Waals surface area (Å²) in [5.74, 6) is 3.84. The van der Waals surface area contributed by atoms with E-state index in [1.54, 1.807) is 12.3 Å². The molecule has 0 aliphatic rings. The van der Waals surface area contributed by atoms with Crippen molar-refractivity contribution >= 4 is 11.0 Å². The Hall–Kier alpha value is -3.07. The van der Waals surface area contributed by atoms with Gasteiger partial charge in [0.1, 0.15) is 5.69 Å².